The molecule has 6 nitrogen and oxygen atoms in total. The summed E-state index contributed by atoms with van der Waals surface area (Å²) in [4.78, 5) is 24.5. The maximum absolute atomic E-state index is 12.5. The third-order valence-electron chi connectivity index (χ3n) is 13.1. The van der Waals surface area contributed by atoms with Crippen LogP contribution in [0.4, 0.5) is 0 Å². The van der Waals surface area contributed by atoms with E-state index in [1.807, 2.05) is 6.08 Å². The van der Waals surface area contributed by atoms with E-state index in [4.69, 9.17) is 4.74 Å². The molecule has 0 bridgehead atoms. The Labute approximate surface area is 410 Å². The zero-order valence-corrected chi connectivity index (χ0v) is 43.9. The minimum Gasteiger partial charge on any atom is -0.466 e. The molecule has 0 heterocycles. The van der Waals surface area contributed by atoms with E-state index >= 15 is 0 Å². The van der Waals surface area contributed by atoms with Crippen LogP contribution in [-0.2, 0) is 14.3 Å². The van der Waals surface area contributed by atoms with E-state index in [2.05, 4.69) is 55.6 Å². The lowest BCUT2D eigenvalue weighted by Crippen LogP contribution is -2.45. The Hall–Kier alpha value is -2.18. The lowest BCUT2D eigenvalue weighted by Gasteiger charge is -2.20. The fourth-order valence-corrected chi connectivity index (χ4v) is 8.60. The molecule has 0 saturated carbocycles. The number of hydrogen-bond acceptors (Lipinski definition) is 5. The second kappa shape index (κ2) is 55.4. The van der Waals surface area contributed by atoms with E-state index < -0.39 is 12.1 Å². The van der Waals surface area contributed by atoms with Gasteiger partial charge in [0.25, 0.3) is 0 Å². The van der Waals surface area contributed by atoms with Crippen LogP contribution in [0, 0.1) is 0 Å². The van der Waals surface area contributed by atoms with E-state index in [9.17, 15) is 19.8 Å². The fraction of sp³-hybridized carbons (Fsp3) is 0.833. The number of amides is 1. The number of esters is 1. The van der Waals surface area contributed by atoms with Crippen LogP contribution in [-0.4, -0.2) is 47.4 Å². The molecule has 0 aromatic carbocycles. The van der Waals surface area contributed by atoms with Gasteiger partial charge in [0, 0.05) is 12.8 Å². The molecule has 1 amide bonds. The molecule has 3 N–H and O–H groups in total. The number of carbonyl (C=O) groups is 2. The quantitative estimate of drug-likeness (QED) is 0.0321. The summed E-state index contributed by atoms with van der Waals surface area (Å²) < 4.78 is 5.46. The maximum Gasteiger partial charge on any atom is 0.305 e. The molecule has 386 valence electrons. The first kappa shape index (κ1) is 63.8. The Kier molecular flexibility index (Phi) is 53.6. The summed E-state index contributed by atoms with van der Waals surface area (Å²) in [6, 6.07) is -0.641. The number of carbonyl (C=O) groups excluding carboxylic acids is 2. The highest BCUT2D eigenvalue weighted by atomic mass is 16.5. The Morgan fingerprint density at radius 1 is 0.424 bits per heavy atom. The number of hydrogen-bond donors (Lipinski definition) is 3. The lowest BCUT2D eigenvalue weighted by atomic mass is 10.0. The SMILES string of the molecule is CCCCC/C=C\C/C=C\CCCCCCCCCC(=O)OCCCCCC/C=C\CCCCCCCCCC(=O)NC(CO)C(O)/C=C/CCCCCCCCCCCCCCCCC. The van der Waals surface area contributed by atoms with E-state index in [0.717, 1.165) is 77.0 Å². The summed E-state index contributed by atoms with van der Waals surface area (Å²) in [6.45, 7) is 4.84. The molecule has 2 atom stereocenters. The number of aliphatic hydroxyl groups excluding tert-OH is 2. The molecule has 0 spiro atoms. The molecular weight excluding hydrogens is 815 g/mol. The van der Waals surface area contributed by atoms with Gasteiger partial charge in [-0.3, -0.25) is 9.59 Å². The number of allylic oxidation sites excluding steroid dienone is 7. The van der Waals surface area contributed by atoms with Crippen LogP contribution in [0.25, 0.3) is 0 Å². The van der Waals surface area contributed by atoms with E-state index in [1.54, 1.807) is 6.08 Å². The van der Waals surface area contributed by atoms with Crippen LogP contribution in [0.15, 0.2) is 48.6 Å². The van der Waals surface area contributed by atoms with Crippen molar-refractivity contribution in [3.8, 4) is 0 Å². The van der Waals surface area contributed by atoms with Crippen molar-refractivity contribution in [1.82, 2.24) is 5.32 Å². The standard InChI is InChI=1S/C60H111NO5/c1-3-5-7-9-11-13-15-17-19-21-24-28-32-36-40-44-48-52-58(63)57(56-62)61-59(64)53-49-45-41-37-33-29-25-23-27-31-35-39-43-47-51-55-66-60(65)54-50-46-42-38-34-30-26-22-20-18-16-14-12-10-8-6-4-2/h12,14,18,20,27,31,48,52,57-58,62-63H,3-11,13,15-17,19,21-26,28-30,32-47,49-51,53-56H2,1-2H3,(H,61,64)/b14-12-,20-18-,31-27-,52-48+. The number of aliphatic hydroxyl groups is 2. The van der Waals surface area contributed by atoms with Crippen molar-refractivity contribution in [2.45, 2.75) is 309 Å². The average Bonchev–Trinajstić information content (AvgIpc) is 3.32. The van der Waals surface area contributed by atoms with Crippen LogP contribution in [0.1, 0.15) is 296 Å². The van der Waals surface area contributed by atoms with Gasteiger partial charge in [0.2, 0.25) is 5.91 Å². The third-order valence-corrected chi connectivity index (χ3v) is 13.1. The van der Waals surface area contributed by atoms with Gasteiger partial charge in [0.15, 0.2) is 0 Å². The summed E-state index contributed by atoms with van der Waals surface area (Å²) in [6.07, 6.45) is 69.8. The van der Waals surface area contributed by atoms with Crippen molar-refractivity contribution in [3.63, 3.8) is 0 Å². The number of unbranched alkanes of at least 4 members (excludes halogenated alkanes) is 36. The van der Waals surface area contributed by atoms with Crippen LogP contribution in [0.2, 0.25) is 0 Å². The normalized spacial score (nSPS) is 13.0. The smallest absolute Gasteiger partial charge is 0.305 e. The predicted molar refractivity (Wildman–Crippen MR) is 287 cm³/mol. The molecule has 0 radical (unpaired) electrons. The Bertz CT molecular complexity index is 1110. The molecule has 0 fully saturated rings. The van der Waals surface area contributed by atoms with Crippen molar-refractivity contribution in [3.05, 3.63) is 48.6 Å². The number of rotatable bonds is 53. The van der Waals surface area contributed by atoms with Gasteiger partial charge >= 0.3 is 5.97 Å². The summed E-state index contributed by atoms with van der Waals surface area (Å²) in [5.74, 6) is -0.102. The van der Waals surface area contributed by atoms with Crippen LogP contribution in [0.5, 0.6) is 0 Å². The van der Waals surface area contributed by atoms with Crippen molar-refractivity contribution < 1.29 is 24.5 Å². The Balaban J connectivity index is 3.51. The second-order valence-electron chi connectivity index (χ2n) is 19.6. The average molecular weight is 927 g/mol. The van der Waals surface area contributed by atoms with Gasteiger partial charge in [-0.2, -0.15) is 0 Å². The highest BCUT2D eigenvalue weighted by Crippen LogP contribution is 2.16. The van der Waals surface area contributed by atoms with Gasteiger partial charge < -0.3 is 20.3 Å². The number of nitrogens with one attached hydrogen (secondary N) is 1. The fourth-order valence-electron chi connectivity index (χ4n) is 8.60. The van der Waals surface area contributed by atoms with E-state index in [-0.39, 0.29) is 18.5 Å². The highest BCUT2D eigenvalue weighted by Gasteiger charge is 2.18. The summed E-state index contributed by atoms with van der Waals surface area (Å²) in [5.41, 5.74) is 0. The predicted octanol–water partition coefficient (Wildman–Crippen LogP) is 17.8. The minimum atomic E-state index is -0.856. The molecule has 0 aromatic rings. The van der Waals surface area contributed by atoms with Crippen molar-refractivity contribution in [2.24, 2.45) is 0 Å². The van der Waals surface area contributed by atoms with Gasteiger partial charge in [-0.15, -0.1) is 0 Å². The van der Waals surface area contributed by atoms with E-state index in [1.165, 1.54) is 193 Å². The molecule has 0 rings (SSSR count). The monoisotopic (exact) mass is 926 g/mol. The van der Waals surface area contributed by atoms with Gasteiger partial charge in [-0.25, -0.2) is 0 Å². The first-order valence-electron chi connectivity index (χ1n) is 28.9. The van der Waals surface area contributed by atoms with E-state index in [0.29, 0.717) is 19.4 Å². The summed E-state index contributed by atoms with van der Waals surface area (Å²) in [7, 11) is 0. The lowest BCUT2D eigenvalue weighted by molar-refractivity contribution is -0.143. The largest absolute Gasteiger partial charge is 0.466 e. The number of ether oxygens (including phenoxy) is 1. The van der Waals surface area contributed by atoms with Gasteiger partial charge in [-0.1, -0.05) is 242 Å². The molecule has 0 aromatic heterocycles. The summed E-state index contributed by atoms with van der Waals surface area (Å²) >= 11 is 0. The van der Waals surface area contributed by atoms with Crippen LogP contribution >= 0.6 is 0 Å². The van der Waals surface area contributed by atoms with Crippen LogP contribution < -0.4 is 5.32 Å². The Morgan fingerprint density at radius 2 is 0.758 bits per heavy atom. The topological polar surface area (TPSA) is 95.9 Å². The molecule has 2 unspecified atom stereocenters. The molecule has 0 aliphatic carbocycles. The zero-order valence-electron chi connectivity index (χ0n) is 43.9. The van der Waals surface area contributed by atoms with Gasteiger partial charge in [0.05, 0.1) is 25.4 Å². The molecular formula is C60H111NO5. The highest BCUT2D eigenvalue weighted by molar-refractivity contribution is 5.76. The molecule has 0 aliphatic heterocycles. The van der Waals surface area contributed by atoms with Crippen LogP contribution in [0.3, 0.4) is 0 Å². The molecule has 6 heteroatoms. The van der Waals surface area contributed by atoms with Crippen molar-refractivity contribution >= 4 is 11.9 Å². The molecule has 0 aliphatic rings. The minimum absolute atomic E-state index is 0.0193. The molecule has 0 saturated heterocycles. The summed E-state index contributed by atoms with van der Waals surface area (Å²) in [5, 5.41) is 23.1. The third kappa shape index (κ3) is 51.2. The first-order valence-corrected chi connectivity index (χ1v) is 28.9. The molecule has 66 heavy (non-hydrogen) atoms. The van der Waals surface area contributed by atoms with Crippen molar-refractivity contribution in [1.29, 1.82) is 0 Å². The van der Waals surface area contributed by atoms with Gasteiger partial charge in [-0.05, 0) is 89.9 Å². The second-order valence-corrected chi connectivity index (χ2v) is 19.6. The zero-order chi connectivity index (χ0) is 47.9. The first-order chi connectivity index (χ1) is 32.5. The Morgan fingerprint density at radius 3 is 1.20 bits per heavy atom. The van der Waals surface area contributed by atoms with Gasteiger partial charge in [0.1, 0.15) is 0 Å². The van der Waals surface area contributed by atoms with Crippen molar-refractivity contribution in [2.75, 3.05) is 13.2 Å². The maximum atomic E-state index is 12.5.